The van der Waals surface area contributed by atoms with E-state index in [1.165, 1.54) is 12.4 Å². The van der Waals surface area contributed by atoms with Gasteiger partial charge in [-0.1, -0.05) is 12.1 Å². The van der Waals surface area contributed by atoms with Gasteiger partial charge in [-0.05, 0) is 19.1 Å². The molecule has 0 aliphatic rings. The fourth-order valence-electron chi connectivity index (χ4n) is 1.49. The Balaban J connectivity index is 2.31. The number of hydrogen-bond acceptors (Lipinski definition) is 5. The number of nitrogens with one attached hydrogen (secondary N) is 1. The minimum Gasteiger partial charge on any atom is -0.492 e. The maximum atomic E-state index is 8.95. The summed E-state index contributed by atoms with van der Waals surface area (Å²) in [7, 11) is 0. The van der Waals surface area contributed by atoms with Crippen LogP contribution in [0, 0.1) is 11.3 Å². The van der Waals surface area contributed by atoms with Gasteiger partial charge in [0.25, 0.3) is 0 Å². The van der Waals surface area contributed by atoms with Gasteiger partial charge < -0.3 is 10.1 Å². The number of para-hydroxylation sites is 2. The van der Waals surface area contributed by atoms with Crippen molar-refractivity contribution in [1.82, 2.24) is 9.97 Å². The molecule has 0 saturated heterocycles. The van der Waals surface area contributed by atoms with Crippen LogP contribution in [-0.4, -0.2) is 16.6 Å². The van der Waals surface area contributed by atoms with Crippen LogP contribution in [0.25, 0.3) is 0 Å². The highest BCUT2D eigenvalue weighted by Crippen LogP contribution is 2.27. The number of hydrogen-bond donors (Lipinski definition) is 1. The zero-order valence-electron chi connectivity index (χ0n) is 9.92. The summed E-state index contributed by atoms with van der Waals surface area (Å²) < 4.78 is 5.49. The van der Waals surface area contributed by atoms with Crippen molar-refractivity contribution in [2.24, 2.45) is 0 Å². The third-order valence-electron chi connectivity index (χ3n) is 2.24. The predicted molar refractivity (Wildman–Crippen MR) is 67.6 cm³/mol. The summed E-state index contributed by atoms with van der Waals surface area (Å²) in [6, 6.07) is 9.48. The molecule has 0 fully saturated rings. The number of nitrogens with zero attached hydrogens (tertiary/aromatic N) is 3. The molecule has 18 heavy (non-hydrogen) atoms. The van der Waals surface area contributed by atoms with Crippen LogP contribution in [0.5, 0.6) is 5.75 Å². The van der Waals surface area contributed by atoms with E-state index in [1.807, 2.05) is 37.3 Å². The molecule has 0 unspecified atom stereocenters. The molecule has 1 heterocycles. The number of ether oxygens (including phenoxy) is 1. The van der Waals surface area contributed by atoms with E-state index in [4.69, 9.17) is 10.00 Å². The van der Waals surface area contributed by atoms with Crippen LogP contribution in [0.3, 0.4) is 0 Å². The molecule has 1 aromatic carbocycles. The van der Waals surface area contributed by atoms with Gasteiger partial charge in [0.05, 0.1) is 12.3 Å². The van der Waals surface area contributed by atoms with Crippen LogP contribution < -0.4 is 10.1 Å². The lowest BCUT2D eigenvalue weighted by Gasteiger charge is -2.11. The highest BCUT2D eigenvalue weighted by molar-refractivity contribution is 5.66. The Morgan fingerprint density at radius 3 is 2.83 bits per heavy atom. The van der Waals surface area contributed by atoms with Gasteiger partial charge in [-0.25, -0.2) is 9.97 Å². The summed E-state index contributed by atoms with van der Waals surface area (Å²) >= 11 is 0. The zero-order chi connectivity index (χ0) is 12.8. The fourth-order valence-corrected chi connectivity index (χ4v) is 1.49. The Morgan fingerprint density at radius 2 is 2.06 bits per heavy atom. The Kier molecular flexibility index (Phi) is 3.72. The molecule has 0 saturated carbocycles. The second-order valence-electron chi connectivity index (χ2n) is 3.42. The summed E-state index contributed by atoms with van der Waals surface area (Å²) in [5, 5.41) is 12.0. The van der Waals surface area contributed by atoms with E-state index in [1.54, 1.807) is 0 Å². The predicted octanol–water partition coefficient (Wildman–Crippen LogP) is 2.49. The number of nitriles is 1. The molecule has 0 radical (unpaired) electrons. The average molecular weight is 240 g/mol. The Hall–Kier alpha value is -2.61. The molecular weight excluding hydrogens is 228 g/mol. The Labute approximate surface area is 105 Å². The molecule has 2 rings (SSSR count). The Morgan fingerprint density at radius 1 is 1.28 bits per heavy atom. The van der Waals surface area contributed by atoms with Crippen molar-refractivity contribution in [3.63, 3.8) is 0 Å². The first kappa shape index (κ1) is 11.9. The van der Waals surface area contributed by atoms with Crippen molar-refractivity contribution in [2.75, 3.05) is 11.9 Å². The smallest absolute Gasteiger partial charge is 0.183 e. The SMILES string of the molecule is CCOc1ccccc1Nc1nccnc1C#N. The van der Waals surface area contributed by atoms with E-state index in [0.717, 1.165) is 11.4 Å². The molecule has 0 aliphatic carbocycles. The molecule has 5 nitrogen and oxygen atoms in total. The molecular formula is C13H12N4O. The second-order valence-corrected chi connectivity index (χ2v) is 3.42. The van der Waals surface area contributed by atoms with Crippen molar-refractivity contribution in [3.8, 4) is 11.8 Å². The molecule has 0 bridgehead atoms. The van der Waals surface area contributed by atoms with Gasteiger partial charge in [0.1, 0.15) is 11.8 Å². The molecule has 0 spiro atoms. The molecule has 0 amide bonds. The van der Waals surface area contributed by atoms with Crippen LogP contribution >= 0.6 is 0 Å². The minimum atomic E-state index is 0.254. The molecule has 0 atom stereocenters. The van der Waals surface area contributed by atoms with E-state index in [0.29, 0.717) is 12.4 Å². The third-order valence-corrected chi connectivity index (χ3v) is 2.24. The zero-order valence-corrected chi connectivity index (χ0v) is 9.92. The quantitative estimate of drug-likeness (QED) is 0.889. The second kappa shape index (κ2) is 5.64. The highest BCUT2D eigenvalue weighted by Gasteiger charge is 2.07. The van der Waals surface area contributed by atoms with E-state index in [2.05, 4.69) is 15.3 Å². The summed E-state index contributed by atoms with van der Waals surface area (Å²) in [5.74, 6) is 1.14. The van der Waals surface area contributed by atoms with Gasteiger partial charge >= 0.3 is 0 Å². The first-order chi connectivity index (χ1) is 8.85. The average Bonchev–Trinajstić information content (AvgIpc) is 2.42. The molecule has 2 aromatic rings. The monoisotopic (exact) mass is 240 g/mol. The van der Waals surface area contributed by atoms with Gasteiger partial charge in [0.2, 0.25) is 0 Å². The van der Waals surface area contributed by atoms with Gasteiger partial charge in [0.15, 0.2) is 11.5 Å². The summed E-state index contributed by atoms with van der Waals surface area (Å²) in [6.07, 6.45) is 3.02. The lowest BCUT2D eigenvalue weighted by atomic mass is 10.3. The van der Waals surface area contributed by atoms with E-state index in [9.17, 15) is 0 Å². The molecule has 0 aliphatic heterocycles. The normalized spacial score (nSPS) is 9.56. The van der Waals surface area contributed by atoms with Crippen molar-refractivity contribution in [1.29, 1.82) is 5.26 Å². The molecule has 90 valence electrons. The van der Waals surface area contributed by atoms with Crippen LogP contribution in [0.4, 0.5) is 11.5 Å². The van der Waals surface area contributed by atoms with Gasteiger partial charge in [0, 0.05) is 12.4 Å². The minimum absolute atomic E-state index is 0.254. The van der Waals surface area contributed by atoms with Crippen LogP contribution in [0.15, 0.2) is 36.7 Å². The van der Waals surface area contributed by atoms with E-state index in [-0.39, 0.29) is 5.69 Å². The van der Waals surface area contributed by atoms with Crippen molar-refractivity contribution >= 4 is 11.5 Å². The topological polar surface area (TPSA) is 70.8 Å². The van der Waals surface area contributed by atoms with Gasteiger partial charge in [-0.3, -0.25) is 0 Å². The molecule has 5 heteroatoms. The standard InChI is InChI=1S/C13H12N4O/c1-2-18-12-6-4-3-5-10(12)17-13-11(9-14)15-7-8-16-13/h3-8H,2H2,1H3,(H,16,17). The van der Waals surface area contributed by atoms with Crippen molar-refractivity contribution in [3.05, 3.63) is 42.4 Å². The summed E-state index contributed by atoms with van der Waals surface area (Å²) in [6.45, 7) is 2.49. The van der Waals surface area contributed by atoms with Gasteiger partial charge in [-0.15, -0.1) is 0 Å². The third kappa shape index (κ3) is 2.55. The maximum absolute atomic E-state index is 8.95. The maximum Gasteiger partial charge on any atom is 0.183 e. The summed E-state index contributed by atoms with van der Waals surface area (Å²) in [5.41, 5.74) is 1.01. The number of benzene rings is 1. The van der Waals surface area contributed by atoms with Crippen molar-refractivity contribution < 1.29 is 4.74 Å². The number of rotatable bonds is 4. The summed E-state index contributed by atoms with van der Waals surface area (Å²) in [4.78, 5) is 8.04. The van der Waals surface area contributed by atoms with Crippen LogP contribution in [-0.2, 0) is 0 Å². The Bertz CT molecular complexity index is 577. The number of aromatic nitrogens is 2. The van der Waals surface area contributed by atoms with Crippen LogP contribution in [0.2, 0.25) is 0 Å². The molecule has 1 aromatic heterocycles. The largest absolute Gasteiger partial charge is 0.492 e. The van der Waals surface area contributed by atoms with E-state index >= 15 is 0 Å². The van der Waals surface area contributed by atoms with Crippen molar-refractivity contribution in [2.45, 2.75) is 6.92 Å². The number of anilines is 2. The lowest BCUT2D eigenvalue weighted by Crippen LogP contribution is -2.01. The first-order valence-corrected chi connectivity index (χ1v) is 5.55. The molecule has 1 N–H and O–H groups in total. The van der Waals surface area contributed by atoms with Gasteiger partial charge in [-0.2, -0.15) is 5.26 Å². The lowest BCUT2D eigenvalue weighted by molar-refractivity contribution is 0.342. The fraction of sp³-hybridized carbons (Fsp3) is 0.154. The highest BCUT2D eigenvalue weighted by atomic mass is 16.5. The van der Waals surface area contributed by atoms with Crippen LogP contribution in [0.1, 0.15) is 12.6 Å². The first-order valence-electron chi connectivity index (χ1n) is 5.55. The van der Waals surface area contributed by atoms with E-state index < -0.39 is 0 Å².